The van der Waals surface area contributed by atoms with E-state index in [2.05, 4.69) is 18.9 Å². The van der Waals surface area contributed by atoms with Gasteiger partial charge in [0.2, 0.25) is 0 Å². The van der Waals surface area contributed by atoms with Crippen LogP contribution in [0.1, 0.15) is 6.92 Å². The Balaban J connectivity index is 1.99. The highest BCUT2D eigenvalue weighted by Crippen LogP contribution is 2.31. The quantitative estimate of drug-likeness (QED) is 0.431. The summed E-state index contributed by atoms with van der Waals surface area (Å²) in [6.07, 6.45) is 0.679. The molecule has 2 aliphatic rings. The first-order chi connectivity index (χ1) is 4.27. The van der Waals surface area contributed by atoms with E-state index in [4.69, 9.17) is 9.47 Å². The number of rotatable bonds is 0. The van der Waals surface area contributed by atoms with Gasteiger partial charge in [0.05, 0.1) is 6.10 Å². The third-order valence-corrected chi connectivity index (χ3v) is 1.78. The Kier molecular flexibility index (Phi) is 1.06. The molecule has 9 heavy (non-hydrogen) atoms. The van der Waals surface area contributed by atoms with E-state index in [1.807, 2.05) is 0 Å². The van der Waals surface area contributed by atoms with Crippen LogP contribution in [0.5, 0.6) is 0 Å². The fourth-order valence-electron chi connectivity index (χ4n) is 1.28. The molecule has 3 atom stereocenters. The van der Waals surface area contributed by atoms with Crippen molar-refractivity contribution in [3.8, 4) is 0 Å². The molecule has 2 fully saturated rings. The topological polar surface area (TPSA) is 25.0 Å². The van der Waals surface area contributed by atoms with Gasteiger partial charge in [0, 0.05) is 6.54 Å². The molecule has 3 nitrogen and oxygen atoms in total. The second-order valence-corrected chi connectivity index (χ2v) is 2.78. The minimum Gasteiger partial charge on any atom is -0.344 e. The van der Waals surface area contributed by atoms with Crippen LogP contribution in [0.4, 0.5) is 0 Å². The second kappa shape index (κ2) is 1.68. The predicted molar refractivity (Wildman–Crippen MR) is 31.8 cm³/mol. The summed E-state index contributed by atoms with van der Waals surface area (Å²) < 4.78 is 10.5. The predicted octanol–water partition coefficient (Wildman–Crippen LogP) is 0.0193. The van der Waals surface area contributed by atoms with E-state index in [-0.39, 0.29) is 12.5 Å². The van der Waals surface area contributed by atoms with Crippen LogP contribution in [0.2, 0.25) is 0 Å². The third-order valence-electron chi connectivity index (χ3n) is 1.78. The highest BCUT2D eigenvalue weighted by molar-refractivity contribution is 4.82. The third kappa shape index (κ3) is 0.852. The Morgan fingerprint density at radius 1 is 1.44 bits per heavy atom. The van der Waals surface area contributed by atoms with E-state index in [0.717, 1.165) is 6.54 Å². The first-order valence-corrected chi connectivity index (χ1v) is 3.28. The summed E-state index contributed by atoms with van der Waals surface area (Å²) in [4.78, 5) is 2.18. The molecule has 0 radical (unpaired) electrons. The molecule has 2 heterocycles. The van der Waals surface area contributed by atoms with Gasteiger partial charge in [0.1, 0.15) is 0 Å². The molecular formula is C6H11NO2. The average Bonchev–Trinajstić information content (AvgIpc) is 2.43. The second-order valence-electron chi connectivity index (χ2n) is 2.78. The number of epoxide rings is 1. The molecule has 0 aromatic rings. The van der Waals surface area contributed by atoms with Crippen molar-refractivity contribution in [3.63, 3.8) is 0 Å². The first kappa shape index (κ1) is 5.65. The molecule has 2 aliphatic heterocycles. The van der Waals surface area contributed by atoms with Crippen LogP contribution in [0.25, 0.3) is 0 Å². The van der Waals surface area contributed by atoms with Crippen LogP contribution in [0.15, 0.2) is 0 Å². The lowest BCUT2D eigenvalue weighted by Crippen LogP contribution is -2.38. The smallest absolute Gasteiger partial charge is 0.200 e. The normalized spacial score (nSPS) is 50.7. The highest BCUT2D eigenvalue weighted by Gasteiger charge is 2.48. The Bertz CT molecular complexity index is 128. The van der Waals surface area contributed by atoms with Crippen LogP contribution in [0, 0.1) is 0 Å². The lowest BCUT2D eigenvalue weighted by molar-refractivity contribution is -0.0294. The van der Waals surface area contributed by atoms with Gasteiger partial charge in [-0.3, -0.25) is 4.90 Å². The van der Waals surface area contributed by atoms with E-state index in [0.29, 0.717) is 6.10 Å². The summed E-state index contributed by atoms with van der Waals surface area (Å²) >= 11 is 0. The maximum atomic E-state index is 5.37. The molecule has 0 saturated carbocycles. The van der Waals surface area contributed by atoms with E-state index in [1.165, 1.54) is 0 Å². The highest BCUT2D eigenvalue weighted by atomic mass is 16.8. The summed E-state index contributed by atoms with van der Waals surface area (Å²) in [5, 5.41) is 0. The van der Waals surface area contributed by atoms with Crippen molar-refractivity contribution < 1.29 is 9.47 Å². The van der Waals surface area contributed by atoms with Crippen molar-refractivity contribution in [3.05, 3.63) is 0 Å². The van der Waals surface area contributed by atoms with Crippen LogP contribution < -0.4 is 0 Å². The number of hydrogen-bond donors (Lipinski definition) is 0. The fraction of sp³-hybridized carbons (Fsp3) is 1.00. The van der Waals surface area contributed by atoms with Gasteiger partial charge in [-0.1, -0.05) is 0 Å². The molecule has 2 saturated heterocycles. The summed E-state index contributed by atoms with van der Waals surface area (Å²) in [7, 11) is 2.06. The molecule has 0 N–H and O–H groups in total. The first-order valence-electron chi connectivity index (χ1n) is 3.28. The van der Waals surface area contributed by atoms with E-state index >= 15 is 0 Å². The molecule has 3 unspecified atom stereocenters. The van der Waals surface area contributed by atoms with E-state index < -0.39 is 0 Å². The molecule has 2 rings (SSSR count). The SMILES string of the molecule is CC1CN(C)C2OC2O1. The number of hydrogen-bond acceptors (Lipinski definition) is 3. The Morgan fingerprint density at radius 2 is 2.22 bits per heavy atom. The summed E-state index contributed by atoms with van der Waals surface area (Å²) in [6, 6.07) is 0. The zero-order chi connectivity index (χ0) is 6.43. The largest absolute Gasteiger partial charge is 0.344 e. The molecule has 52 valence electrons. The number of likely N-dealkylation sites (N-methyl/N-ethyl adjacent to an activating group) is 1. The van der Waals surface area contributed by atoms with Crippen molar-refractivity contribution in [2.75, 3.05) is 13.6 Å². The molecule has 0 amide bonds. The van der Waals surface area contributed by atoms with Gasteiger partial charge in [0.25, 0.3) is 0 Å². The van der Waals surface area contributed by atoms with Crippen LogP contribution in [-0.2, 0) is 9.47 Å². The number of nitrogens with zero attached hydrogens (tertiary/aromatic N) is 1. The standard InChI is InChI=1S/C6H11NO2/c1-4-3-7(2)5-6(8-4)9-5/h4-6H,3H2,1-2H3. The van der Waals surface area contributed by atoms with Crippen molar-refractivity contribution in [1.29, 1.82) is 0 Å². The minimum absolute atomic E-state index is 0.0822. The number of ether oxygens (including phenoxy) is 2. The lowest BCUT2D eigenvalue weighted by Gasteiger charge is -2.23. The Hall–Kier alpha value is -0.120. The zero-order valence-electron chi connectivity index (χ0n) is 5.70. The number of morpholine rings is 1. The zero-order valence-corrected chi connectivity index (χ0v) is 5.70. The van der Waals surface area contributed by atoms with Crippen molar-refractivity contribution in [2.45, 2.75) is 25.5 Å². The summed E-state index contributed by atoms with van der Waals surface area (Å²) in [6.45, 7) is 3.05. The van der Waals surface area contributed by atoms with Gasteiger partial charge >= 0.3 is 0 Å². The molecule has 0 aromatic carbocycles. The fourth-order valence-corrected chi connectivity index (χ4v) is 1.28. The van der Waals surface area contributed by atoms with Gasteiger partial charge in [-0.25, -0.2) is 0 Å². The molecule has 0 aliphatic carbocycles. The molecule has 0 aromatic heterocycles. The van der Waals surface area contributed by atoms with Crippen LogP contribution in [-0.4, -0.2) is 37.1 Å². The van der Waals surface area contributed by atoms with Gasteiger partial charge < -0.3 is 9.47 Å². The lowest BCUT2D eigenvalue weighted by atomic mass is 10.3. The average molecular weight is 129 g/mol. The van der Waals surface area contributed by atoms with Crippen LogP contribution in [0.3, 0.4) is 0 Å². The monoisotopic (exact) mass is 129 g/mol. The molecule has 3 heteroatoms. The minimum atomic E-state index is 0.0822. The van der Waals surface area contributed by atoms with Gasteiger partial charge in [-0.2, -0.15) is 0 Å². The maximum Gasteiger partial charge on any atom is 0.200 e. The molecular weight excluding hydrogens is 118 g/mol. The molecule has 0 bridgehead atoms. The van der Waals surface area contributed by atoms with Gasteiger partial charge in [-0.05, 0) is 14.0 Å². The Labute approximate surface area is 54.5 Å². The Morgan fingerprint density at radius 3 is 2.89 bits per heavy atom. The van der Waals surface area contributed by atoms with Crippen molar-refractivity contribution in [2.24, 2.45) is 0 Å². The summed E-state index contributed by atoms with van der Waals surface area (Å²) in [5.41, 5.74) is 0. The van der Waals surface area contributed by atoms with Crippen LogP contribution >= 0.6 is 0 Å². The summed E-state index contributed by atoms with van der Waals surface area (Å²) in [5.74, 6) is 0. The number of fused-ring (bicyclic) bond motifs is 1. The van der Waals surface area contributed by atoms with Crippen molar-refractivity contribution >= 4 is 0 Å². The maximum absolute atomic E-state index is 5.37. The van der Waals surface area contributed by atoms with Gasteiger partial charge in [0.15, 0.2) is 12.5 Å². The molecule has 0 spiro atoms. The van der Waals surface area contributed by atoms with E-state index in [9.17, 15) is 0 Å². The van der Waals surface area contributed by atoms with Gasteiger partial charge in [-0.15, -0.1) is 0 Å². The van der Waals surface area contributed by atoms with E-state index in [1.54, 1.807) is 0 Å². The van der Waals surface area contributed by atoms with Crippen molar-refractivity contribution in [1.82, 2.24) is 4.90 Å².